The van der Waals surface area contributed by atoms with Crippen LogP contribution in [0.5, 0.6) is 0 Å². The zero-order valence-electron chi connectivity index (χ0n) is 15.6. The number of nitrogens with zero attached hydrogens (tertiary/aromatic N) is 5. The molecule has 0 fully saturated rings. The highest BCUT2D eigenvalue weighted by molar-refractivity contribution is 6.04. The Labute approximate surface area is 159 Å². The molecule has 0 atom stereocenters. The number of benzene rings is 1. The second-order valence-corrected chi connectivity index (χ2v) is 6.19. The molecule has 1 amide bonds. The number of rotatable bonds is 7. The predicted molar refractivity (Wildman–Crippen MR) is 107 cm³/mol. The molecule has 0 spiro atoms. The first-order valence-electron chi connectivity index (χ1n) is 8.99. The van der Waals surface area contributed by atoms with Gasteiger partial charge in [-0.05, 0) is 55.3 Å². The number of carbonyl (C=O) groups excluding carboxylic acids is 1. The molecule has 0 aliphatic rings. The van der Waals surface area contributed by atoms with Crippen molar-refractivity contribution >= 4 is 17.4 Å². The van der Waals surface area contributed by atoms with E-state index in [-0.39, 0.29) is 5.91 Å². The van der Waals surface area contributed by atoms with Gasteiger partial charge in [0.15, 0.2) is 11.5 Å². The van der Waals surface area contributed by atoms with Crippen molar-refractivity contribution < 1.29 is 4.79 Å². The average molecular weight is 361 g/mol. The standard InChI is InChI=1S/C21H23N5O/c1-3-26(18-7-5-4-6-8-18)21(27)19-9-10-20(24-23-19)25(2)16-13-17-11-14-22-15-12-17/h4-12,14-15H,3,13,16H2,1-2H3. The fraction of sp³-hybridized carbons (Fsp3) is 0.238. The topological polar surface area (TPSA) is 62.2 Å². The van der Waals surface area contributed by atoms with E-state index in [4.69, 9.17) is 0 Å². The fourth-order valence-electron chi connectivity index (χ4n) is 2.79. The van der Waals surface area contributed by atoms with Crippen molar-refractivity contribution in [3.8, 4) is 0 Å². The third-order valence-electron chi connectivity index (χ3n) is 4.38. The molecule has 6 nitrogen and oxygen atoms in total. The Balaban J connectivity index is 1.66. The molecule has 0 aliphatic heterocycles. The first kappa shape index (κ1) is 18.5. The number of aromatic nitrogens is 3. The largest absolute Gasteiger partial charge is 0.358 e. The van der Waals surface area contributed by atoms with Gasteiger partial charge in [-0.1, -0.05) is 18.2 Å². The van der Waals surface area contributed by atoms with Crippen LogP contribution in [0.3, 0.4) is 0 Å². The minimum absolute atomic E-state index is 0.151. The van der Waals surface area contributed by atoms with Crippen LogP contribution in [-0.4, -0.2) is 41.2 Å². The van der Waals surface area contributed by atoms with Crippen molar-refractivity contribution in [2.45, 2.75) is 13.3 Å². The molecule has 3 rings (SSSR count). The van der Waals surface area contributed by atoms with E-state index in [0.29, 0.717) is 12.2 Å². The number of likely N-dealkylation sites (N-methyl/N-ethyl adjacent to an activating group) is 1. The summed E-state index contributed by atoms with van der Waals surface area (Å²) in [4.78, 5) is 20.5. The SMILES string of the molecule is CCN(C(=O)c1ccc(N(C)CCc2ccncc2)nn1)c1ccccc1. The molecule has 0 N–H and O–H groups in total. The first-order valence-corrected chi connectivity index (χ1v) is 8.99. The number of amides is 1. The van der Waals surface area contributed by atoms with Crippen LogP contribution < -0.4 is 9.80 Å². The molecule has 0 aliphatic carbocycles. The molecule has 0 bridgehead atoms. The minimum atomic E-state index is -0.151. The summed E-state index contributed by atoms with van der Waals surface area (Å²) in [6, 6.07) is 17.2. The van der Waals surface area contributed by atoms with E-state index < -0.39 is 0 Å². The molecule has 6 heteroatoms. The molecule has 0 radical (unpaired) electrons. The van der Waals surface area contributed by atoms with Crippen LogP contribution in [0.2, 0.25) is 0 Å². The van der Waals surface area contributed by atoms with Crippen molar-refractivity contribution in [3.05, 3.63) is 78.2 Å². The van der Waals surface area contributed by atoms with Gasteiger partial charge in [-0.15, -0.1) is 10.2 Å². The van der Waals surface area contributed by atoms with E-state index in [9.17, 15) is 4.79 Å². The van der Waals surface area contributed by atoms with Crippen molar-refractivity contribution in [2.75, 3.05) is 29.9 Å². The van der Waals surface area contributed by atoms with E-state index in [1.807, 2.05) is 67.4 Å². The summed E-state index contributed by atoms with van der Waals surface area (Å²) >= 11 is 0. The zero-order valence-corrected chi connectivity index (χ0v) is 15.6. The summed E-state index contributed by atoms with van der Waals surface area (Å²) < 4.78 is 0. The molecule has 1 aromatic carbocycles. The lowest BCUT2D eigenvalue weighted by molar-refractivity contribution is 0.0982. The molecule has 2 heterocycles. The van der Waals surface area contributed by atoms with Crippen LogP contribution >= 0.6 is 0 Å². The number of carbonyl (C=O) groups is 1. The maximum absolute atomic E-state index is 12.8. The van der Waals surface area contributed by atoms with Crippen LogP contribution in [0.25, 0.3) is 0 Å². The summed E-state index contributed by atoms with van der Waals surface area (Å²) in [5, 5.41) is 8.39. The second-order valence-electron chi connectivity index (χ2n) is 6.19. The highest BCUT2D eigenvalue weighted by atomic mass is 16.2. The molecule has 0 saturated carbocycles. The van der Waals surface area contributed by atoms with Crippen molar-refractivity contribution in [3.63, 3.8) is 0 Å². The highest BCUT2D eigenvalue weighted by Gasteiger charge is 2.18. The van der Waals surface area contributed by atoms with Gasteiger partial charge in [0.2, 0.25) is 0 Å². The van der Waals surface area contributed by atoms with Gasteiger partial charge < -0.3 is 9.80 Å². The molecule has 0 unspecified atom stereocenters. The third-order valence-corrected chi connectivity index (χ3v) is 4.38. The maximum atomic E-state index is 12.8. The van der Waals surface area contributed by atoms with E-state index in [1.54, 1.807) is 23.4 Å². The predicted octanol–water partition coefficient (Wildman–Crippen LogP) is 3.22. The van der Waals surface area contributed by atoms with Crippen molar-refractivity contribution in [2.24, 2.45) is 0 Å². The normalized spacial score (nSPS) is 10.4. The van der Waals surface area contributed by atoms with Crippen molar-refractivity contribution in [1.82, 2.24) is 15.2 Å². The number of anilines is 2. The first-order chi connectivity index (χ1) is 13.2. The van der Waals surface area contributed by atoms with Crippen LogP contribution in [-0.2, 0) is 6.42 Å². The number of pyridine rings is 1. The lowest BCUT2D eigenvalue weighted by atomic mass is 10.2. The number of hydrogen-bond acceptors (Lipinski definition) is 5. The summed E-state index contributed by atoms with van der Waals surface area (Å²) in [5.41, 5.74) is 2.41. The lowest BCUT2D eigenvalue weighted by Crippen LogP contribution is -2.31. The Morgan fingerprint density at radius 3 is 2.33 bits per heavy atom. The van der Waals surface area contributed by atoms with Gasteiger partial charge in [0, 0.05) is 38.2 Å². The van der Waals surface area contributed by atoms with Gasteiger partial charge in [0.1, 0.15) is 0 Å². The van der Waals surface area contributed by atoms with E-state index >= 15 is 0 Å². The summed E-state index contributed by atoms with van der Waals surface area (Å²) in [6.45, 7) is 3.31. The lowest BCUT2D eigenvalue weighted by Gasteiger charge is -2.21. The van der Waals surface area contributed by atoms with Crippen molar-refractivity contribution in [1.29, 1.82) is 0 Å². The molecule has 138 valence electrons. The van der Waals surface area contributed by atoms with Crippen LogP contribution in [0.1, 0.15) is 23.0 Å². The molecule has 27 heavy (non-hydrogen) atoms. The van der Waals surface area contributed by atoms with E-state index in [1.165, 1.54) is 5.56 Å². The summed E-state index contributed by atoms with van der Waals surface area (Å²) in [7, 11) is 1.97. The van der Waals surface area contributed by atoms with Crippen LogP contribution in [0, 0.1) is 0 Å². The smallest absolute Gasteiger partial charge is 0.278 e. The van der Waals surface area contributed by atoms with Gasteiger partial charge in [0.05, 0.1) is 0 Å². The Hall–Kier alpha value is -3.28. The Morgan fingerprint density at radius 1 is 0.963 bits per heavy atom. The number of para-hydroxylation sites is 1. The Bertz CT molecular complexity index is 853. The fourth-order valence-corrected chi connectivity index (χ4v) is 2.79. The molecule has 0 saturated heterocycles. The van der Waals surface area contributed by atoms with Gasteiger partial charge >= 0.3 is 0 Å². The van der Waals surface area contributed by atoms with Gasteiger partial charge in [-0.25, -0.2) is 0 Å². The van der Waals surface area contributed by atoms with E-state index in [0.717, 1.165) is 24.5 Å². The minimum Gasteiger partial charge on any atom is -0.358 e. The van der Waals surface area contributed by atoms with Crippen LogP contribution in [0.15, 0.2) is 67.0 Å². The molecule has 3 aromatic rings. The highest BCUT2D eigenvalue weighted by Crippen LogP contribution is 2.16. The molecular formula is C21H23N5O. The monoisotopic (exact) mass is 361 g/mol. The quantitative estimate of drug-likeness (QED) is 0.647. The van der Waals surface area contributed by atoms with Gasteiger partial charge in [0.25, 0.3) is 5.91 Å². The second kappa shape index (κ2) is 8.89. The van der Waals surface area contributed by atoms with E-state index in [2.05, 4.69) is 15.2 Å². The third kappa shape index (κ3) is 4.67. The van der Waals surface area contributed by atoms with Crippen LogP contribution in [0.4, 0.5) is 11.5 Å². The Morgan fingerprint density at radius 2 is 1.70 bits per heavy atom. The zero-order chi connectivity index (χ0) is 19.1. The number of hydrogen-bond donors (Lipinski definition) is 0. The van der Waals surface area contributed by atoms with Gasteiger partial charge in [-0.3, -0.25) is 9.78 Å². The van der Waals surface area contributed by atoms with Gasteiger partial charge in [-0.2, -0.15) is 0 Å². The maximum Gasteiger partial charge on any atom is 0.278 e. The summed E-state index contributed by atoms with van der Waals surface area (Å²) in [6.07, 6.45) is 4.47. The summed E-state index contributed by atoms with van der Waals surface area (Å²) in [5.74, 6) is 0.588. The average Bonchev–Trinajstić information content (AvgIpc) is 2.74. The Kier molecular flexibility index (Phi) is 6.10. The molecule has 2 aromatic heterocycles. The molecular weight excluding hydrogens is 338 g/mol.